The van der Waals surface area contributed by atoms with Crippen molar-refractivity contribution in [2.45, 2.75) is 33.1 Å². The lowest BCUT2D eigenvalue weighted by Gasteiger charge is -2.21. The van der Waals surface area contributed by atoms with Crippen LogP contribution in [-0.2, 0) is 0 Å². The summed E-state index contributed by atoms with van der Waals surface area (Å²) >= 11 is 0. The molecule has 0 saturated heterocycles. The second kappa shape index (κ2) is 5.96. The zero-order valence-corrected chi connectivity index (χ0v) is 10.3. The average Bonchev–Trinajstić information content (AvgIpc) is 2.26. The Bertz CT molecular complexity index is 253. The topological polar surface area (TPSA) is 29.3 Å². The fourth-order valence-electron chi connectivity index (χ4n) is 1.84. The fourth-order valence-corrected chi connectivity index (χ4v) is 1.84. The number of allylic oxidation sites excluding steroid dienone is 4. The molecule has 0 radical (unpaired) electrons. The van der Waals surface area contributed by atoms with Crippen LogP contribution in [0.1, 0.15) is 33.1 Å². The summed E-state index contributed by atoms with van der Waals surface area (Å²) in [7, 11) is 2.18. The Morgan fingerprint density at radius 3 is 2.67 bits per heavy atom. The molecule has 0 spiro atoms. The van der Waals surface area contributed by atoms with Gasteiger partial charge in [-0.05, 0) is 51.4 Å². The summed E-state index contributed by atoms with van der Waals surface area (Å²) in [6.07, 6.45) is 7.73. The van der Waals surface area contributed by atoms with Crippen LogP contribution in [0.4, 0.5) is 0 Å². The highest BCUT2D eigenvalue weighted by atomic mass is 15.1. The van der Waals surface area contributed by atoms with Gasteiger partial charge in [0.25, 0.3) is 0 Å². The highest BCUT2D eigenvalue weighted by molar-refractivity contribution is 5.23. The van der Waals surface area contributed by atoms with Crippen LogP contribution in [0.3, 0.4) is 0 Å². The summed E-state index contributed by atoms with van der Waals surface area (Å²) < 4.78 is 0. The molecule has 2 N–H and O–H groups in total. The van der Waals surface area contributed by atoms with Crippen LogP contribution in [0.15, 0.2) is 23.4 Å². The zero-order valence-electron chi connectivity index (χ0n) is 10.3. The van der Waals surface area contributed by atoms with Gasteiger partial charge >= 0.3 is 0 Å². The van der Waals surface area contributed by atoms with Crippen molar-refractivity contribution in [1.29, 1.82) is 0 Å². The first-order chi connectivity index (χ1) is 7.13. The number of hydrogen-bond acceptors (Lipinski definition) is 2. The highest BCUT2D eigenvalue weighted by Gasteiger charge is 2.11. The van der Waals surface area contributed by atoms with E-state index in [1.807, 2.05) is 0 Å². The van der Waals surface area contributed by atoms with E-state index in [1.165, 1.54) is 13.0 Å². The van der Waals surface area contributed by atoms with Gasteiger partial charge in [-0.15, -0.1) is 0 Å². The molecule has 1 atom stereocenters. The average molecular weight is 208 g/mol. The van der Waals surface area contributed by atoms with Gasteiger partial charge in [0.15, 0.2) is 0 Å². The number of hydrogen-bond donors (Lipinski definition) is 1. The summed E-state index contributed by atoms with van der Waals surface area (Å²) in [6, 6.07) is 0. The molecule has 1 aliphatic carbocycles. The third kappa shape index (κ3) is 4.08. The molecule has 0 aromatic carbocycles. The Kier molecular flexibility index (Phi) is 4.89. The molecule has 15 heavy (non-hydrogen) atoms. The predicted molar refractivity (Wildman–Crippen MR) is 66.5 cm³/mol. The van der Waals surface area contributed by atoms with Crippen molar-refractivity contribution in [2.75, 3.05) is 20.1 Å². The fraction of sp³-hybridized carbons (Fsp3) is 0.692. The molecule has 0 fully saturated rings. The largest absolute Gasteiger partial charge is 0.402 e. The van der Waals surface area contributed by atoms with E-state index < -0.39 is 0 Å². The first-order valence-corrected chi connectivity index (χ1v) is 5.97. The van der Waals surface area contributed by atoms with Gasteiger partial charge in [0, 0.05) is 5.70 Å². The van der Waals surface area contributed by atoms with E-state index in [2.05, 4.69) is 37.9 Å². The van der Waals surface area contributed by atoms with Crippen molar-refractivity contribution in [1.82, 2.24) is 4.90 Å². The third-order valence-corrected chi connectivity index (χ3v) is 3.33. The van der Waals surface area contributed by atoms with Crippen LogP contribution >= 0.6 is 0 Å². The number of rotatable bonds is 5. The van der Waals surface area contributed by atoms with Gasteiger partial charge < -0.3 is 10.6 Å². The molecule has 0 amide bonds. The van der Waals surface area contributed by atoms with E-state index in [0.29, 0.717) is 5.92 Å². The maximum atomic E-state index is 5.75. The van der Waals surface area contributed by atoms with E-state index >= 15 is 0 Å². The van der Waals surface area contributed by atoms with Crippen molar-refractivity contribution in [3.05, 3.63) is 23.4 Å². The molecule has 2 nitrogen and oxygen atoms in total. The molecule has 0 aromatic rings. The van der Waals surface area contributed by atoms with Crippen LogP contribution in [-0.4, -0.2) is 25.0 Å². The van der Waals surface area contributed by atoms with E-state index in [9.17, 15) is 0 Å². The van der Waals surface area contributed by atoms with E-state index in [1.54, 1.807) is 5.57 Å². The van der Waals surface area contributed by atoms with Gasteiger partial charge in [0.05, 0.1) is 0 Å². The standard InChI is InChI=1S/C13H24N2/c1-4-15(3)10-9-11(2)12-5-7-13(14)8-6-12/h5,7,11H,4,6,8-10,14H2,1-3H3. The minimum Gasteiger partial charge on any atom is -0.402 e. The zero-order chi connectivity index (χ0) is 11.3. The Hall–Kier alpha value is -0.760. The lowest BCUT2D eigenvalue weighted by atomic mass is 9.90. The summed E-state index contributed by atoms with van der Waals surface area (Å²) in [5, 5.41) is 0. The third-order valence-electron chi connectivity index (χ3n) is 3.33. The summed E-state index contributed by atoms with van der Waals surface area (Å²) in [6.45, 7) is 6.85. The molecular formula is C13H24N2. The molecule has 1 aliphatic rings. The van der Waals surface area contributed by atoms with Crippen molar-refractivity contribution in [3.63, 3.8) is 0 Å². The Morgan fingerprint density at radius 1 is 1.40 bits per heavy atom. The molecular weight excluding hydrogens is 184 g/mol. The van der Waals surface area contributed by atoms with Crippen molar-refractivity contribution >= 4 is 0 Å². The monoisotopic (exact) mass is 208 g/mol. The van der Waals surface area contributed by atoms with E-state index in [0.717, 1.165) is 25.1 Å². The van der Waals surface area contributed by atoms with Crippen LogP contribution in [0.25, 0.3) is 0 Å². The maximum Gasteiger partial charge on any atom is 0.00836 e. The minimum absolute atomic E-state index is 0.698. The van der Waals surface area contributed by atoms with E-state index in [4.69, 9.17) is 5.73 Å². The van der Waals surface area contributed by atoms with E-state index in [-0.39, 0.29) is 0 Å². The molecule has 1 unspecified atom stereocenters. The first kappa shape index (κ1) is 12.3. The van der Waals surface area contributed by atoms with Crippen LogP contribution in [0, 0.1) is 5.92 Å². The minimum atomic E-state index is 0.698. The second-order valence-electron chi connectivity index (χ2n) is 4.57. The molecule has 86 valence electrons. The summed E-state index contributed by atoms with van der Waals surface area (Å²) in [5.74, 6) is 0.698. The Balaban J connectivity index is 2.37. The van der Waals surface area contributed by atoms with Gasteiger partial charge in [-0.1, -0.05) is 25.5 Å². The first-order valence-electron chi connectivity index (χ1n) is 5.97. The molecule has 0 saturated carbocycles. The summed E-state index contributed by atoms with van der Waals surface area (Å²) in [4.78, 5) is 2.37. The lowest BCUT2D eigenvalue weighted by Crippen LogP contribution is -2.21. The molecule has 2 heteroatoms. The molecule has 0 bridgehead atoms. The van der Waals surface area contributed by atoms with Crippen LogP contribution in [0.5, 0.6) is 0 Å². The molecule has 0 aromatic heterocycles. The van der Waals surface area contributed by atoms with Crippen molar-refractivity contribution in [2.24, 2.45) is 11.7 Å². The highest BCUT2D eigenvalue weighted by Crippen LogP contribution is 2.24. The van der Waals surface area contributed by atoms with Gasteiger partial charge in [-0.3, -0.25) is 0 Å². The van der Waals surface area contributed by atoms with Gasteiger partial charge in [-0.25, -0.2) is 0 Å². The van der Waals surface area contributed by atoms with Crippen molar-refractivity contribution < 1.29 is 0 Å². The number of nitrogens with two attached hydrogens (primary N) is 1. The molecule has 0 aliphatic heterocycles. The number of nitrogens with zero attached hydrogens (tertiary/aromatic N) is 1. The quantitative estimate of drug-likeness (QED) is 0.752. The van der Waals surface area contributed by atoms with Gasteiger partial charge in [-0.2, -0.15) is 0 Å². The maximum absolute atomic E-state index is 5.75. The van der Waals surface area contributed by atoms with Crippen molar-refractivity contribution in [3.8, 4) is 0 Å². The predicted octanol–water partition coefficient (Wildman–Crippen LogP) is 2.53. The molecule has 0 heterocycles. The summed E-state index contributed by atoms with van der Waals surface area (Å²) in [5.41, 5.74) is 8.34. The van der Waals surface area contributed by atoms with Gasteiger partial charge in [0.1, 0.15) is 0 Å². The Labute approximate surface area is 93.8 Å². The van der Waals surface area contributed by atoms with Gasteiger partial charge in [0.2, 0.25) is 0 Å². The lowest BCUT2D eigenvalue weighted by molar-refractivity contribution is 0.328. The van der Waals surface area contributed by atoms with Crippen LogP contribution < -0.4 is 5.73 Å². The molecule has 1 rings (SSSR count). The normalized spacial score (nSPS) is 18.7. The smallest absolute Gasteiger partial charge is 0.00836 e. The SMILES string of the molecule is CCN(C)CCC(C)C1=CC=C(N)CC1. The van der Waals surface area contributed by atoms with Crippen LogP contribution in [0.2, 0.25) is 0 Å². The second-order valence-corrected chi connectivity index (χ2v) is 4.57. The Morgan fingerprint density at radius 2 is 2.13 bits per heavy atom.